The number of piperidine rings is 1. The van der Waals surface area contributed by atoms with E-state index in [0.717, 1.165) is 25.2 Å². The molecule has 246 valence electrons. The predicted molar refractivity (Wildman–Crippen MR) is 168 cm³/mol. The van der Waals surface area contributed by atoms with Crippen LogP contribution < -0.4 is 10.4 Å². The smallest absolute Gasteiger partial charge is 0.407 e. The number of fused-ring (bicyclic) bond motifs is 1. The van der Waals surface area contributed by atoms with E-state index >= 15 is 0 Å². The van der Waals surface area contributed by atoms with Crippen molar-refractivity contribution in [2.45, 2.75) is 64.0 Å². The zero-order valence-corrected chi connectivity index (χ0v) is 26.2. The molecule has 0 bridgehead atoms. The van der Waals surface area contributed by atoms with E-state index in [0.29, 0.717) is 68.9 Å². The van der Waals surface area contributed by atoms with Gasteiger partial charge in [0.2, 0.25) is 17.4 Å². The van der Waals surface area contributed by atoms with Crippen molar-refractivity contribution in [3.8, 4) is 5.88 Å². The molecule has 4 heterocycles. The number of benzene rings is 1. The number of carbonyl (C=O) groups excluding carboxylic acids is 2. The van der Waals surface area contributed by atoms with Crippen molar-refractivity contribution < 1.29 is 28.6 Å². The largest absolute Gasteiger partial charge is 0.476 e. The molecular weight excluding hydrogens is 593 g/mol. The summed E-state index contributed by atoms with van der Waals surface area (Å²) in [6.07, 6.45) is 7.14. The summed E-state index contributed by atoms with van der Waals surface area (Å²) in [6.45, 7) is 6.46. The van der Waals surface area contributed by atoms with Gasteiger partial charge >= 0.3 is 6.09 Å². The van der Waals surface area contributed by atoms with Crippen LogP contribution in [0.25, 0.3) is 11.0 Å². The summed E-state index contributed by atoms with van der Waals surface area (Å²) in [6, 6.07) is 6.89. The lowest BCUT2D eigenvalue weighted by atomic mass is 9.84. The Hall–Kier alpha value is -4.26. The minimum Gasteiger partial charge on any atom is -0.476 e. The van der Waals surface area contributed by atoms with Crippen molar-refractivity contribution in [3.63, 3.8) is 0 Å². The van der Waals surface area contributed by atoms with Crippen LogP contribution in [0.5, 0.6) is 5.88 Å². The van der Waals surface area contributed by atoms with Crippen molar-refractivity contribution in [1.29, 1.82) is 0 Å². The molecule has 3 aliphatic rings. The molecule has 1 atom stereocenters. The van der Waals surface area contributed by atoms with E-state index in [1.54, 1.807) is 11.1 Å². The van der Waals surface area contributed by atoms with Crippen LogP contribution in [0.2, 0.25) is 0 Å². The number of aromatic amines is 1. The van der Waals surface area contributed by atoms with Crippen molar-refractivity contribution >= 4 is 28.9 Å². The van der Waals surface area contributed by atoms with Gasteiger partial charge in [0, 0.05) is 55.8 Å². The number of pyridine rings is 1. The molecule has 0 spiro atoms. The molecular formula is C33H42FN7O5. The Kier molecular flexibility index (Phi) is 9.67. The van der Waals surface area contributed by atoms with Crippen LogP contribution in [0.1, 0.15) is 68.3 Å². The van der Waals surface area contributed by atoms with Crippen LogP contribution in [0.4, 0.5) is 9.18 Å². The zero-order valence-electron chi connectivity index (χ0n) is 26.2. The number of carbonyl (C=O) groups is 3. The Morgan fingerprint density at radius 2 is 1.78 bits per heavy atom. The first-order chi connectivity index (χ1) is 22.3. The number of nitrogens with zero attached hydrogens (tertiary/aromatic N) is 6. The SMILES string of the molecule is CC1CN(C(=O)[C@H]2CC[C@@H](n3/c(=N/C(=O)c4ccc(F)cc4)[nH]c4cnc(OCCN5CCCCC5)cc43)CC2)CCN1C(=O)O. The topological polar surface area (TPSA) is 136 Å². The van der Waals surface area contributed by atoms with Gasteiger partial charge in [-0.25, -0.2) is 14.2 Å². The maximum atomic E-state index is 13.5. The lowest BCUT2D eigenvalue weighted by molar-refractivity contribution is -0.139. The third-order valence-electron chi connectivity index (χ3n) is 9.59. The summed E-state index contributed by atoms with van der Waals surface area (Å²) in [5.74, 6) is -0.510. The number of hydrogen-bond donors (Lipinski definition) is 2. The Balaban J connectivity index is 1.21. The van der Waals surface area contributed by atoms with Gasteiger partial charge in [0.1, 0.15) is 12.4 Å². The molecule has 13 heteroatoms. The molecule has 12 nitrogen and oxygen atoms in total. The molecule has 2 aliphatic heterocycles. The van der Waals surface area contributed by atoms with E-state index in [-0.39, 0.29) is 29.5 Å². The van der Waals surface area contributed by atoms with Gasteiger partial charge in [-0.2, -0.15) is 4.99 Å². The van der Waals surface area contributed by atoms with Gasteiger partial charge in [-0.1, -0.05) is 6.42 Å². The molecule has 0 radical (unpaired) electrons. The van der Waals surface area contributed by atoms with E-state index in [9.17, 15) is 23.9 Å². The van der Waals surface area contributed by atoms with Crippen molar-refractivity contribution in [2.75, 3.05) is 45.9 Å². The third-order valence-corrected chi connectivity index (χ3v) is 9.59. The van der Waals surface area contributed by atoms with Crippen LogP contribution in [-0.2, 0) is 4.79 Å². The van der Waals surface area contributed by atoms with E-state index in [1.807, 2.05) is 17.6 Å². The second kappa shape index (κ2) is 14.0. The highest BCUT2D eigenvalue weighted by molar-refractivity contribution is 5.95. The van der Waals surface area contributed by atoms with Crippen LogP contribution in [0.3, 0.4) is 0 Å². The van der Waals surface area contributed by atoms with E-state index < -0.39 is 17.8 Å². The van der Waals surface area contributed by atoms with E-state index in [4.69, 9.17) is 4.74 Å². The monoisotopic (exact) mass is 635 g/mol. The van der Waals surface area contributed by atoms with Crippen molar-refractivity contribution in [2.24, 2.45) is 10.9 Å². The Morgan fingerprint density at radius 3 is 2.48 bits per heavy atom. The third kappa shape index (κ3) is 7.09. The van der Waals surface area contributed by atoms with E-state index in [2.05, 4.69) is 19.9 Å². The number of carboxylic acid groups (broad SMARTS) is 1. The molecule has 1 unspecified atom stereocenters. The molecule has 3 amide bonds. The maximum Gasteiger partial charge on any atom is 0.407 e. The number of rotatable bonds is 7. The first-order valence-electron chi connectivity index (χ1n) is 16.3. The highest BCUT2D eigenvalue weighted by atomic mass is 19.1. The molecule has 2 N–H and O–H groups in total. The summed E-state index contributed by atoms with van der Waals surface area (Å²) in [5, 5.41) is 9.40. The average Bonchev–Trinajstić information content (AvgIpc) is 3.42. The number of ether oxygens (including phenoxy) is 1. The second-order valence-corrected chi connectivity index (χ2v) is 12.6. The predicted octanol–water partition coefficient (Wildman–Crippen LogP) is 4.05. The summed E-state index contributed by atoms with van der Waals surface area (Å²) < 4.78 is 21.6. The van der Waals surface area contributed by atoms with Gasteiger partial charge in [0.25, 0.3) is 5.91 Å². The molecule has 46 heavy (non-hydrogen) atoms. The number of hydrogen-bond acceptors (Lipinski definition) is 6. The Labute approximate surface area is 266 Å². The number of piperazine rings is 1. The Bertz CT molecular complexity index is 1620. The van der Waals surface area contributed by atoms with Crippen molar-refractivity contribution in [3.05, 3.63) is 53.5 Å². The summed E-state index contributed by atoms with van der Waals surface area (Å²) in [4.78, 5) is 55.9. The highest BCUT2D eigenvalue weighted by Gasteiger charge is 2.35. The number of imidazole rings is 1. The van der Waals surface area contributed by atoms with Gasteiger partial charge in [-0.05, 0) is 82.8 Å². The zero-order chi connectivity index (χ0) is 32.2. The first-order valence-corrected chi connectivity index (χ1v) is 16.3. The highest BCUT2D eigenvalue weighted by Crippen LogP contribution is 2.35. The first kappa shape index (κ1) is 31.7. The number of amides is 3. The van der Waals surface area contributed by atoms with Crippen LogP contribution in [-0.4, -0.2) is 104 Å². The van der Waals surface area contributed by atoms with Gasteiger partial charge in [0.05, 0.1) is 17.2 Å². The molecule has 1 aliphatic carbocycles. The van der Waals surface area contributed by atoms with Crippen LogP contribution in [0.15, 0.2) is 41.5 Å². The van der Waals surface area contributed by atoms with Gasteiger partial charge in [-0.3, -0.25) is 14.5 Å². The fourth-order valence-corrected chi connectivity index (χ4v) is 7.04. The standard InChI is InChI=1S/C33H42FN7O5/c1-22-21-39(15-16-40(22)33(44)45)31(43)24-7-11-26(12-8-24)41-28-19-29(46-18-17-38-13-3-2-4-14-38)35-20-27(28)36-32(41)37-30(42)23-5-9-25(34)10-6-23/h5-6,9-10,19-20,22,24,26H,2-4,7-8,11-18,21H2,1H3,(H,44,45)(H,36,37,42)/t22?,24-,26+. The Morgan fingerprint density at radius 1 is 1.04 bits per heavy atom. The number of likely N-dealkylation sites (tertiary alicyclic amines) is 1. The minimum absolute atomic E-state index is 0.0380. The van der Waals surface area contributed by atoms with Gasteiger partial charge in [0.15, 0.2) is 0 Å². The maximum absolute atomic E-state index is 13.5. The number of H-pyrrole nitrogens is 1. The fourth-order valence-electron chi connectivity index (χ4n) is 7.04. The molecule has 1 saturated carbocycles. The quantitative estimate of drug-likeness (QED) is 0.400. The molecule has 1 aromatic carbocycles. The lowest BCUT2D eigenvalue weighted by Gasteiger charge is -2.40. The molecule has 3 aromatic rings. The lowest BCUT2D eigenvalue weighted by Crippen LogP contribution is -2.56. The minimum atomic E-state index is -0.958. The number of aromatic nitrogens is 3. The number of halogens is 1. The van der Waals surface area contributed by atoms with Gasteiger partial charge < -0.3 is 29.2 Å². The summed E-state index contributed by atoms with van der Waals surface area (Å²) in [5.41, 5.74) is 2.16. The number of nitrogens with one attached hydrogen (secondary N) is 1. The molecule has 2 saturated heterocycles. The van der Waals surface area contributed by atoms with Crippen LogP contribution in [0, 0.1) is 11.7 Å². The fraction of sp³-hybridized carbons (Fsp3) is 0.545. The second-order valence-electron chi connectivity index (χ2n) is 12.6. The summed E-state index contributed by atoms with van der Waals surface area (Å²) in [7, 11) is 0. The normalized spacial score (nSPS) is 23.1. The molecule has 6 rings (SSSR count). The average molecular weight is 636 g/mol. The van der Waals surface area contributed by atoms with Crippen LogP contribution >= 0.6 is 0 Å². The van der Waals surface area contributed by atoms with E-state index in [1.165, 1.54) is 48.4 Å². The molecule has 3 fully saturated rings. The molecule has 2 aromatic heterocycles. The van der Waals surface area contributed by atoms with Gasteiger partial charge in [-0.15, -0.1) is 0 Å². The summed E-state index contributed by atoms with van der Waals surface area (Å²) >= 11 is 0. The van der Waals surface area contributed by atoms with Crippen molar-refractivity contribution in [1.82, 2.24) is 29.2 Å².